The van der Waals surface area contributed by atoms with Gasteiger partial charge in [0.05, 0.1) is 13.2 Å². The van der Waals surface area contributed by atoms with Crippen LogP contribution in [0.15, 0.2) is 0 Å². The molecule has 3 heteroatoms. The van der Waals surface area contributed by atoms with E-state index in [9.17, 15) is 0 Å². The first-order valence-corrected chi connectivity index (χ1v) is 8.27. The van der Waals surface area contributed by atoms with Crippen LogP contribution in [0.4, 0.5) is 0 Å². The van der Waals surface area contributed by atoms with Gasteiger partial charge in [-0.3, -0.25) is 0 Å². The van der Waals surface area contributed by atoms with E-state index in [4.69, 9.17) is 9.47 Å². The standard InChI is InChI=1S/C16H29NO2/c1-13-2-4-14(5-3-13)12-17-15-6-8-16(9-7-15)18-10-11-19-16/h13-15,17H,2-12H2,1H3. The van der Waals surface area contributed by atoms with Crippen molar-refractivity contribution in [2.24, 2.45) is 11.8 Å². The van der Waals surface area contributed by atoms with E-state index >= 15 is 0 Å². The second-order valence-electron chi connectivity index (χ2n) is 6.92. The minimum atomic E-state index is -0.196. The summed E-state index contributed by atoms with van der Waals surface area (Å²) in [5, 5.41) is 3.80. The zero-order valence-corrected chi connectivity index (χ0v) is 12.3. The molecule has 0 aromatic carbocycles. The van der Waals surface area contributed by atoms with Gasteiger partial charge in [0.1, 0.15) is 0 Å². The van der Waals surface area contributed by atoms with Gasteiger partial charge in [-0.1, -0.05) is 19.8 Å². The highest BCUT2D eigenvalue weighted by Gasteiger charge is 2.40. The fraction of sp³-hybridized carbons (Fsp3) is 1.00. The molecular formula is C16H29NO2. The molecule has 3 aliphatic rings. The quantitative estimate of drug-likeness (QED) is 0.852. The lowest BCUT2D eigenvalue weighted by Crippen LogP contribution is -2.43. The lowest BCUT2D eigenvalue weighted by molar-refractivity contribution is -0.179. The summed E-state index contributed by atoms with van der Waals surface area (Å²) in [5.41, 5.74) is 0. The first-order chi connectivity index (χ1) is 9.26. The van der Waals surface area contributed by atoms with E-state index in [1.54, 1.807) is 0 Å². The smallest absolute Gasteiger partial charge is 0.168 e. The molecule has 1 N–H and O–H groups in total. The monoisotopic (exact) mass is 267 g/mol. The van der Waals surface area contributed by atoms with E-state index < -0.39 is 0 Å². The first-order valence-electron chi connectivity index (χ1n) is 8.27. The number of hydrogen-bond acceptors (Lipinski definition) is 3. The Hall–Kier alpha value is -0.120. The van der Waals surface area contributed by atoms with Gasteiger partial charge in [0.2, 0.25) is 0 Å². The molecule has 110 valence electrons. The SMILES string of the molecule is CC1CCC(CNC2CCC3(CC2)OCCO3)CC1. The zero-order valence-electron chi connectivity index (χ0n) is 12.3. The summed E-state index contributed by atoms with van der Waals surface area (Å²) in [7, 11) is 0. The van der Waals surface area contributed by atoms with Crippen LogP contribution in [0, 0.1) is 11.8 Å². The molecule has 0 aromatic rings. The zero-order chi connectivity index (χ0) is 13.1. The van der Waals surface area contributed by atoms with Crippen LogP contribution in [0.25, 0.3) is 0 Å². The van der Waals surface area contributed by atoms with Crippen molar-refractivity contribution in [1.82, 2.24) is 5.32 Å². The molecule has 0 bridgehead atoms. The summed E-state index contributed by atoms with van der Waals surface area (Å²) in [6, 6.07) is 0.692. The van der Waals surface area contributed by atoms with Crippen molar-refractivity contribution >= 4 is 0 Å². The van der Waals surface area contributed by atoms with Crippen LogP contribution in [-0.2, 0) is 9.47 Å². The van der Waals surface area contributed by atoms with Gasteiger partial charge in [-0.05, 0) is 44.1 Å². The molecule has 3 nitrogen and oxygen atoms in total. The Morgan fingerprint density at radius 2 is 1.58 bits per heavy atom. The van der Waals surface area contributed by atoms with E-state index in [0.717, 1.165) is 37.9 Å². The lowest BCUT2D eigenvalue weighted by Gasteiger charge is -2.36. The molecule has 0 radical (unpaired) electrons. The van der Waals surface area contributed by atoms with E-state index in [0.29, 0.717) is 6.04 Å². The average molecular weight is 267 g/mol. The Balaban J connectivity index is 1.36. The normalized spacial score (nSPS) is 35.8. The van der Waals surface area contributed by atoms with Gasteiger partial charge in [-0.25, -0.2) is 0 Å². The average Bonchev–Trinajstić information content (AvgIpc) is 2.89. The Morgan fingerprint density at radius 3 is 2.21 bits per heavy atom. The van der Waals surface area contributed by atoms with Crippen molar-refractivity contribution in [2.45, 2.75) is 70.1 Å². The molecule has 1 saturated heterocycles. The van der Waals surface area contributed by atoms with Crippen LogP contribution in [0.2, 0.25) is 0 Å². The van der Waals surface area contributed by atoms with E-state index in [-0.39, 0.29) is 5.79 Å². The predicted octanol–water partition coefficient (Wildman–Crippen LogP) is 3.09. The van der Waals surface area contributed by atoms with Crippen molar-refractivity contribution in [3.05, 3.63) is 0 Å². The number of rotatable bonds is 3. The van der Waals surface area contributed by atoms with Crippen molar-refractivity contribution in [3.63, 3.8) is 0 Å². The van der Waals surface area contributed by atoms with E-state index in [2.05, 4.69) is 12.2 Å². The fourth-order valence-corrected chi connectivity index (χ4v) is 3.91. The predicted molar refractivity (Wildman–Crippen MR) is 76.0 cm³/mol. The number of nitrogens with one attached hydrogen (secondary N) is 1. The van der Waals surface area contributed by atoms with Crippen molar-refractivity contribution in [2.75, 3.05) is 19.8 Å². The summed E-state index contributed by atoms with van der Waals surface area (Å²) >= 11 is 0. The second-order valence-corrected chi connectivity index (χ2v) is 6.92. The van der Waals surface area contributed by atoms with Crippen LogP contribution in [0.3, 0.4) is 0 Å². The maximum Gasteiger partial charge on any atom is 0.168 e. The highest BCUT2D eigenvalue weighted by molar-refractivity contribution is 4.86. The van der Waals surface area contributed by atoms with Crippen molar-refractivity contribution in [3.8, 4) is 0 Å². The molecule has 1 aliphatic heterocycles. The van der Waals surface area contributed by atoms with Gasteiger partial charge in [0, 0.05) is 18.9 Å². The molecule has 2 aliphatic carbocycles. The third kappa shape index (κ3) is 3.50. The maximum absolute atomic E-state index is 5.79. The molecular weight excluding hydrogens is 238 g/mol. The molecule has 3 rings (SSSR count). The summed E-state index contributed by atoms with van der Waals surface area (Å²) in [4.78, 5) is 0. The van der Waals surface area contributed by atoms with Gasteiger partial charge in [-0.15, -0.1) is 0 Å². The molecule has 1 spiro atoms. The number of hydrogen-bond donors (Lipinski definition) is 1. The van der Waals surface area contributed by atoms with Gasteiger partial charge in [0.15, 0.2) is 5.79 Å². The molecule has 0 amide bonds. The van der Waals surface area contributed by atoms with E-state index in [1.807, 2.05) is 0 Å². The topological polar surface area (TPSA) is 30.5 Å². The first kappa shape index (κ1) is 13.8. The number of ether oxygens (including phenoxy) is 2. The highest BCUT2D eigenvalue weighted by atomic mass is 16.7. The molecule has 2 saturated carbocycles. The van der Waals surface area contributed by atoms with Gasteiger partial charge in [0.25, 0.3) is 0 Å². The largest absolute Gasteiger partial charge is 0.348 e. The Morgan fingerprint density at radius 1 is 0.947 bits per heavy atom. The van der Waals surface area contributed by atoms with Crippen molar-refractivity contribution in [1.29, 1.82) is 0 Å². The van der Waals surface area contributed by atoms with Gasteiger partial charge >= 0.3 is 0 Å². The molecule has 0 aromatic heterocycles. The van der Waals surface area contributed by atoms with Crippen LogP contribution in [0.5, 0.6) is 0 Å². The molecule has 0 atom stereocenters. The minimum Gasteiger partial charge on any atom is -0.348 e. The lowest BCUT2D eigenvalue weighted by atomic mass is 9.82. The highest BCUT2D eigenvalue weighted by Crippen LogP contribution is 2.36. The minimum absolute atomic E-state index is 0.196. The third-order valence-corrected chi connectivity index (χ3v) is 5.39. The van der Waals surface area contributed by atoms with Gasteiger partial charge in [-0.2, -0.15) is 0 Å². The Kier molecular flexibility index (Phi) is 4.45. The van der Waals surface area contributed by atoms with Crippen LogP contribution in [-0.4, -0.2) is 31.6 Å². The molecule has 19 heavy (non-hydrogen) atoms. The summed E-state index contributed by atoms with van der Waals surface area (Å²) in [6.07, 6.45) is 10.3. The van der Waals surface area contributed by atoms with E-state index in [1.165, 1.54) is 45.1 Å². The third-order valence-electron chi connectivity index (χ3n) is 5.39. The summed E-state index contributed by atoms with van der Waals surface area (Å²) < 4.78 is 11.6. The Labute approximate surface area is 117 Å². The van der Waals surface area contributed by atoms with Crippen LogP contribution < -0.4 is 5.32 Å². The Bertz CT molecular complexity index is 270. The molecule has 3 fully saturated rings. The second kappa shape index (κ2) is 6.11. The molecule has 1 heterocycles. The maximum atomic E-state index is 5.79. The van der Waals surface area contributed by atoms with Gasteiger partial charge < -0.3 is 14.8 Å². The van der Waals surface area contributed by atoms with Crippen LogP contribution >= 0.6 is 0 Å². The van der Waals surface area contributed by atoms with Crippen molar-refractivity contribution < 1.29 is 9.47 Å². The fourth-order valence-electron chi connectivity index (χ4n) is 3.91. The summed E-state index contributed by atoms with van der Waals surface area (Å²) in [6.45, 7) is 5.20. The summed E-state index contributed by atoms with van der Waals surface area (Å²) in [5.74, 6) is 1.69. The molecule has 0 unspecified atom stereocenters. The van der Waals surface area contributed by atoms with Crippen LogP contribution in [0.1, 0.15) is 58.3 Å².